The molecule has 0 bridgehead atoms. The summed E-state index contributed by atoms with van der Waals surface area (Å²) in [4.78, 5) is 17.7. The van der Waals surface area contributed by atoms with Crippen molar-refractivity contribution in [2.75, 3.05) is 5.32 Å². The Bertz CT molecular complexity index is 1250. The lowest BCUT2D eigenvalue weighted by molar-refractivity contribution is 0.102. The second-order valence-electron chi connectivity index (χ2n) is 7.62. The monoisotopic (exact) mass is 402 g/mol. The van der Waals surface area contributed by atoms with Crippen molar-refractivity contribution < 1.29 is 9.18 Å². The Morgan fingerprint density at radius 2 is 1.77 bits per heavy atom. The molecule has 0 fully saturated rings. The first-order valence-corrected chi connectivity index (χ1v) is 9.79. The normalized spacial score (nSPS) is 11.1. The summed E-state index contributed by atoms with van der Waals surface area (Å²) >= 11 is 0. The molecule has 1 N–H and O–H groups in total. The van der Waals surface area contributed by atoms with E-state index in [2.05, 4.69) is 15.4 Å². The molecular weight excluding hydrogens is 379 g/mol. The molecule has 0 saturated heterocycles. The fourth-order valence-electron chi connectivity index (χ4n) is 3.63. The molecule has 0 saturated carbocycles. The second-order valence-corrected chi connectivity index (χ2v) is 7.62. The van der Waals surface area contributed by atoms with Crippen molar-refractivity contribution in [3.63, 3.8) is 0 Å². The summed E-state index contributed by atoms with van der Waals surface area (Å²) < 4.78 is 15.0. The highest BCUT2D eigenvalue weighted by atomic mass is 19.1. The standard InChI is InChI=1S/C24H23FN4O/c1-14-5-10-20-21(12-15(2)26-22(20)11-14)24(30)27-23-16(3)28-29(17(23)4)13-18-6-8-19(25)9-7-18/h5-12H,13H2,1-4H3,(H,27,30). The van der Waals surface area contributed by atoms with E-state index >= 15 is 0 Å². The Hall–Kier alpha value is -3.54. The lowest BCUT2D eigenvalue weighted by Crippen LogP contribution is -2.14. The summed E-state index contributed by atoms with van der Waals surface area (Å²) in [6.45, 7) is 8.17. The predicted molar refractivity (Wildman–Crippen MR) is 116 cm³/mol. The first-order chi connectivity index (χ1) is 14.3. The molecule has 0 aliphatic rings. The minimum absolute atomic E-state index is 0.193. The molecule has 4 rings (SSSR count). The molecule has 0 aliphatic carbocycles. The molecule has 0 atom stereocenters. The Morgan fingerprint density at radius 3 is 2.50 bits per heavy atom. The molecule has 6 heteroatoms. The number of amides is 1. The van der Waals surface area contributed by atoms with E-state index in [-0.39, 0.29) is 11.7 Å². The van der Waals surface area contributed by atoms with Crippen LogP contribution in [-0.4, -0.2) is 20.7 Å². The zero-order chi connectivity index (χ0) is 21.4. The number of aryl methyl sites for hydroxylation is 3. The lowest BCUT2D eigenvalue weighted by Gasteiger charge is -2.10. The van der Waals surface area contributed by atoms with Crippen molar-refractivity contribution in [3.8, 4) is 0 Å². The van der Waals surface area contributed by atoms with Crippen LogP contribution in [0, 0.1) is 33.5 Å². The molecule has 0 radical (unpaired) electrons. The van der Waals surface area contributed by atoms with Gasteiger partial charge in [-0.05, 0) is 63.1 Å². The van der Waals surface area contributed by atoms with Gasteiger partial charge in [0.25, 0.3) is 5.91 Å². The van der Waals surface area contributed by atoms with Gasteiger partial charge in [-0.25, -0.2) is 4.39 Å². The highest BCUT2D eigenvalue weighted by molar-refractivity contribution is 6.12. The van der Waals surface area contributed by atoms with Gasteiger partial charge in [0.1, 0.15) is 5.82 Å². The van der Waals surface area contributed by atoms with Crippen LogP contribution in [-0.2, 0) is 6.54 Å². The van der Waals surface area contributed by atoms with Crippen molar-refractivity contribution in [3.05, 3.63) is 88.1 Å². The van der Waals surface area contributed by atoms with Crippen LogP contribution in [0.1, 0.15) is 38.6 Å². The Balaban J connectivity index is 1.65. The zero-order valence-electron chi connectivity index (χ0n) is 17.5. The first-order valence-electron chi connectivity index (χ1n) is 9.79. The third-order valence-electron chi connectivity index (χ3n) is 5.20. The summed E-state index contributed by atoms with van der Waals surface area (Å²) in [6.07, 6.45) is 0. The number of hydrogen-bond acceptors (Lipinski definition) is 3. The maximum atomic E-state index is 13.2. The van der Waals surface area contributed by atoms with Crippen molar-refractivity contribution in [2.45, 2.75) is 34.2 Å². The largest absolute Gasteiger partial charge is 0.319 e. The molecule has 2 aromatic carbocycles. The van der Waals surface area contributed by atoms with Crippen molar-refractivity contribution in [2.24, 2.45) is 0 Å². The second kappa shape index (κ2) is 7.71. The smallest absolute Gasteiger partial charge is 0.256 e. The van der Waals surface area contributed by atoms with Gasteiger partial charge in [0, 0.05) is 11.1 Å². The molecule has 30 heavy (non-hydrogen) atoms. The van der Waals surface area contributed by atoms with Gasteiger partial charge in [0.05, 0.1) is 34.7 Å². The van der Waals surface area contributed by atoms with Crippen LogP contribution in [0.4, 0.5) is 10.1 Å². The fraction of sp³-hybridized carbons (Fsp3) is 0.208. The van der Waals surface area contributed by atoms with Gasteiger partial charge in [-0.1, -0.05) is 24.3 Å². The quantitative estimate of drug-likeness (QED) is 0.516. The van der Waals surface area contributed by atoms with Crippen LogP contribution in [0.5, 0.6) is 0 Å². The van der Waals surface area contributed by atoms with Gasteiger partial charge >= 0.3 is 0 Å². The number of anilines is 1. The number of halogens is 1. The average molecular weight is 402 g/mol. The number of benzene rings is 2. The molecule has 1 amide bonds. The van der Waals surface area contributed by atoms with E-state index in [0.717, 1.165) is 39.1 Å². The molecule has 152 valence electrons. The summed E-state index contributed by atoms with van der Waals surface area (Å²) in [7, 11) is 0. The number of fused-ring (bicyclic) bond motifs is 1. The van der Waals surface area contributed by atoms with Gasteiger partial charge in [-0.2, -0.15) is 5.10 Å². The van der Waals surface area contributed by atoms with Crippen molar-refractivity contribution in [1.29, 1.82) is 0 Å². The van der Waals surface area contributed by atoms with E-state index in [1.807, 2.05) is 50.6 Å². The van der Waals surface area contributed by atoms with E-state index in [1.54, 1.807) is 18.2 Å². The van der Waals surface area contributed by atoms with Gasteiger partial charge < -0.3 is 5.32 Å². The third kappa shape index (κ3) is 3.81. The molecule has 5 nitrogen and oxygen atoms in total. The van der Waals surface area contributed by atoms with E-state index < -0.39 is 0 Å². The van der Waals surface area contributed by atoms with Crippen LogP contribution in [0.25, 0.3) is 10.9 Å². The SMILES string of the molecule is Cc1ccc2c(C(=O)Nc3c(C)nn(Cc4ccc(F)cc4)c3C)cc(C)nc2c1. The fourth-order valence-corrected chi connectivity index (χ4v) is 3.63. The predicted octanol–water partition coefficient (Wildman–Crippen LogP) is 5.10. The number of carbonyl (C=O) groups excluding carboxylic acids is 1. The minimum Gasteiger partial charge on any atom is -0.319 e. The van der Waals surface area contributed by atoms with Crippen LogP contribution in [0.15, 0.2) is 48.5 Å². The van der Waals surface area contributed by atoms with Crippen LogP contribution in [0.3, 0.4) is 0 Å². The molecule has 4 aromatic rings. The van der Waals surface area contributed by atoms with Crippen LogP contribution < -0.4 is 5.32 Å². The number of nitrogens with zero attached hydrogens (tertiary/aromatic N) is 3. The summed E-state index contributed by atoms with van der Waals surface area (Å²) in [5, 5.41) is 8.41. The van der Waals surface area contributed by atoms with Gasteiger partial charge in [-0.3, -0.25) is 14.5 Å². The molecule has 0 spiro atoms. The van der Waals surface area contributed by atoms with Gasteiger partial charge in [0.15, 0.2) is 0 Å². The van der Waals surface area contributed by atoms with E-state index in [4.69, 9.17) is 0 Å². The highest BCUT2D eigenvalue weighted by Gasteiger charge is 2.18. The Morgan fingerprint density at radius 1 is 1.03 bits per heavy atom. The topological polar surface area (TPSA) is 59.8 Å². The Labute approximate surface area is 174 Å². The van der Waals surface area contributed by atoms with Gasteiger partial charge in [-0.15, -0.1) is 0 Å². The molecule has 2 heterocycles. The van der Waals surface area contributed by atoms with Crippen LogP contribution >= 0.6 is 0 Å². The highest BCUT2D eigenvalue weighted by Crippen LogP contribution is 2.24. The number of hydrogen-bond donors (Lipinski definition) is 1. The third-order valence-corrected chi connectivity index (χ3v) is 5.20. The average Bonchev–Trinajstić information content (AvgIpc) is 2.96. The number of nitrogens with one attached hydrogen (secondary N) is 1. The number of rotatable bonds is 4. The van der Waals surface area contributed by atoms with Crippen LogP contribution in [0.2, 0.25) is 0 Å². The molecule has 0 unspecified atom stereocenters. The summed E-state index contributed by atoms with van der Waals surface area (Å²) in [6, 6.07) is 14.0. The van der Waals surface area contributed by atoms with E-state index in [9.17, 15) is 9.18 Å². The van der Waals surface area contributed by atoms with Crippen molar-refractivity contribution >= 4 is 22.5 Å². The minimum atomic E-state index is -0.268. The number of pyridine rings is 1. The number of aromatic nitrogens is 3. The number of carbonyl (C=O) groups is 1. The lowest BCUT2D eigenvalue weighted by atomic mass is 10.0. The summed E-state index contributed by atoms with van der Waals surface area (Å²) in [5.41, 5.74) is 6.48. The van der Waals surface area contributed by atoms with E-state index in [1.165, 1.54) is 12.1 Å². The van der Waals surface area contributed by atoms with Crippen molar-refractivity contribution in [1.82, 2.24) is 14.8 Å². The van der Waals surface area contributed by atoms with Gasteiger partial charge in [0.2, 0.25) is 0 Å². The molecule has 0 aliphatic heterocycles. The molecule has 2 aromatic heterocycles. The van der Waals surface area contributed by atoms with E-state index in [0.29, 0.717) is 17.8 Å². The first kappa shape index (κ1) is 19.8. The zero-order valence-corrected chi connectivity index (χ0v) is 17.5. The summed E-state index contributed by atoms with van der Waals surface area (Å²) in [5.74, 6) is -0.461. The maximum Gasteiger partial charge on any atom is 0.256 e. The Kier molecular flexibility index (Phi) is 5.08. The maximum absolute atomic E-state index is 13.2. The molecular formula is C24H23FN4O.